The molecule has 1 aromatic carbocycles. The third-order valence-corrected chi connectivity index (χ3v) is 3.09. The van der Waals surface area contributed by atoms with Crippen LogP contribution in [0.4, 0.5) is 5.69 Å². The lowest BCUT2D eigenvalue weighted by atomic mass is 10.3. The standard InChI is InChI=1S/C14H16N2O4/c1-20-11-4-2-10(3-5-11)15-12(17)8-9-16-13(18)6-7-14(16)19/h2-5H,6-9H2,1H3,(H,15,17). The molecule has 1 aliphatic heterocycles. The van der Waals surface area contributed by atoms with Gasteiger partial charge in [-0.05, 0) is 24.3 Å². The lowest BCUT2D eigenvalue weighted by molar-refractivity contribution is -0.138. The van der Waals surface area contributed by atoms with Crippen LogP contribution in [0.15, 0.2) is 24.3 Å². The number of nitrogens with one attached hydrogen (secondary N) is 1. The van der Waals surface area contributed by atoms with E-state index >= 15 is 0 Å². The van der Waals surface area contributed by atoms with E-state index < -0.39 is 0 Å². The number of ether oxygens (including phenoxy) is 1. The Hall–Kier alpha value is -2.37. The number of hydrogen-bond acceptors (Lipinski definition) is 4. The molecule has 1 heterocycles. The van der Waals surface area contributed by atoms with E-state index in [1.165, 1.54) is 0 Å². The van der Waals surface area contributed by atoms with Crippen LogP contribution in [-0.2, 0) is 14.4 Å². The van der Waals surface area contributed by atoms with E-state index in [1.54, 1.807) is 31.4 Å². The quantitative estimate of drug-likeness (QED) is 0.819. The molecule has 3 amide bonds. The number of carbonyl (C=O) groups excluding carboxylic acids is 3. The molecule has 0 unspecified atom stereocenters. The number of anilines is 1. The second kappa shape index (κ2) is 6.18. The Bertz CT molecular complexity index is 508. The highest BCUT2D eigenvalue weighted by molar-refractivity contribution is 6.02. The van der Waals surface area contributed by atoms with Crippen LogP contribution >= 0.6 is 0 Å². The number of carbonyl (C=O) groups is 3. The Morgan fingerprint density at radius 3 is 2.35 bits per heavy atom. The SMILES string of the molecule is COc1ccc(NC(=O)CCN2C(=O)CCC2=O)cc1. The van der Waals surface area contributed by atoms with Crippen molar-refractivity contribution in [2.24, 2.45) is 0 Å². The summed E-state index contributed by atoms with van der Waals surface area (Å²) < 4.78 is 5.02. The molecule has 1 N–H and O–H groups in total. The number of hydrogen-bond donors (Lipinski definition) is 1. The van der Waals surface area contributed by atoms with Crippen molar-refractivity contribution in [3.05, 3.63) is 24.3 Å². The molecule has 0 bridgehead atoms. The van der Waals surface area contributed by atoms with E-state index in [-0.39, 0.29) is 43.5 Å². The molecular weight excluding hydrogens is 260 g/mol. The summed E-state index contributed by atoms with van der Waals surface area (Å²) in [6.45, 7) is 0.139. The zero-order valence-electron chi connectivity index (χ0n) is 11.2. The Morgan fingerprint density at radius 2 is 1.80 bits per heavy atom. The normalized spacial score (nSPS) is 14.6. The molecule has 1 aliphatic rings. The van der Waals surface area contributed by atoms with Gasteiger partial charge in [-0.15, -0.1) is 0 Å². The van der Waals surface area contributed by atoms with Crippen molar-refractivity contribution in [2.45, 2.75) is 19.3 Å². The molecule has 0 spiro atoms. The summed E-state index contributed by atoms with van der Waals surface area (Å²) in [5.41, 5.74) is 0.648. The highest BCUT2D eigenvalue weighted by Crippen LogP contribution is 2.16. The van der Waals surface area contributed by atoms with E-state index in [2.05, 4.69) is 5.32 Å². The second-order valence-electron chi connectivity index (χ2n) is 4.47. The zero-order chi connectivity index (χ0) is 14.5. The summed E-state index contributed by atoms with van der Waals surface area (Å²) in [7, 11) is 1.57. The van der Waals surface area contributed by atoms with E-state index in [9.17, 15) is 14.4 Å². The minimum atomic E-state index is -0.234. The molecule has 0 radical (unpaired) electrons. The maximum absolute atomic E-state index is 11.7. The van der Waals surface area contributed by atoms with Gasteiger partial charge in [-0.1, -0.05) is 0 Å². The predicted octanol–water partition coefficient (Wildman–Crippen LogP) is 1.17. The van der Waals surface area contributed by atoms with Crippen molar-refractivity contribution >= 4 is 23.4 Å². The van der Waals surface area contributed by atoms with Crippen LogP contribution in [0.2, 0.25) is 0 Å². The summed E-state index contributed by atoms with van der Waals surface area (Å²) >= 11 is 0. The molecule has 20 heavy (non-hydrogen) atoms. The summed E-state index contributed by atoms with van der Waals surface area (Å²) in [4.78, 5) is 35.7. The summed E-state index contributed by atoms with van der Waals surface area (Å²) in [6.07, 6.45) is 0.599. The van der Waals surface area contributed by atoms with Gasteiger partial charge in [0.2, 0.25) is 17.7 Å². The van der Waals surface area contributed by atoms with Gasteiger partial charge < -0.3 is 10.1 Å². The van der Waals surface area contributed by atoms with Gasteiger partial charge in [0.25, 0.3) is 0 Å². The molecule has 0 saturated carbocycles. The first-order valence-corrected chi connectivity index (χ1v) is 6.37. The monoisotopic (exact) mass is 276 g/mol. The molecule has 1 saturated heterocycles. The van der Waals surface area contributed by atoms with Gasteiger partial charge >= 0.3 is 0 Å². The smallest absolute Gasteiger partial charge is 0.229 e. The average molecular weight is 276 g/mol. The van der Waals surface area contributed by atoms with Crippen LogP contribution in [0.1, 0.15) is 19.3 Å². The lowest BCUT2D eigenvalue weighted by Crippen LogP contribution is -2.32. The van der Waals surface area contributed by atoms with E-state index in [1.807, 2.05) is 0 Å². The maximum atomic E-state index is 11.7. The predicted molar refractivity (Wildman–Crippen MR) is 72.2 cm³/mol. The molecular formula is C14H16N2O4. The average Bonchev–Trinajstić information content (AvgIpc) is 2.77. The molecule has 1 aromatic rings. The molecule has 106 valence electrons. The van der Waals surface area contributed by atoms with E-state index in [4.69, 9.17) is 4.74 Å². The fraction of sp³-hybridized carbons (Fsp3) is 0.357. The maximum Gasteiger partial charge on any atom is 0.229 e. The largest absolute Gasteiger partial charge is 0.497 e. The Kier molecular flexibility index (Phi) is 4.34. The molecule has 6 nitrogen and oxygen atoms in total. The molecule has 0 aromatic heterocycles. The van der Waals surface area contributed by atoms with Crippen molar-refractivity contribution in [3.8, 4) is 5.75 Å². The van der Waals surface area contributed by atoms with Crippen LogP contribution < -0.4 is 10.1 Å². The van der Waals surface area contributed by atoms with Crippen LogP contribution in [-0.4, -0.2) is 36.3 Å². The van der Waals surface area contributed by atoms with Gasteiger partial charge in [-0.3, -0.25) is 19.3 Å². The Balaban J connectivity index is 1.83. The number of nitrogens with zero attached hydrogens (tertiary/aromatic N) is 1. The first kappa shape index (κ1) is 14.0. The van der Waals surface area contributed by atoms with Crippen LogP contribution in [0.25, 0.3) is 0 Å². The summed E-state index contributed by atoms with van der Waals surface area (Å²) in [5.74, 6) is 0.0680. The number of rotatable bonds is 5. The van der Waals surface area contributed by atoms with Crippen molar-refractivity contribution in [1.29, 1.82) is 0 Å². The molecule has 0 atom stereocenters. The Morgan fingerprint density at radius 1 is 1.20 bits per heavy atom. The topological polar surface area (TPSA) is 75.7 Å². The third kappa shape index (κ3) is 3.34. The number of imide groups is 1. The van der Waals surface area contributed by atoms with Gasteiger partial charge in [0.15, 0.2) is 0 Å². The van der Waals surface area contributed by atoms with Gasteiger partial charge in [0.1, 0.15) is 5.75 Å². The van der Waals surface area contributed by atoms with Crippen molar-refractivity contribution in [1.82, 2.24) is 4.90 Å². The first-order valence-electron chi connectivity index (χ1n) is 6.37. The highest BCUT2D eigenvalue weighted by Gasteiger charge is 2.28. The van der Waals surface area contributed by atoms with Crippen molar-refractivity contribution < 1.29 is 19.1 Å². The number of likely N-dealkylation sites (tertiary alicyclic amines) is 1. The van der Waals surface area contributed by atoms with E-state index in [0.29, 0.717) is 11.4 Å². The van der Waals surface area contributed by atoms with Crippen molar-refractivity contribution in [3.63, 3.8) is 0 Å². The van der Waals surface area contributed by atoms with E-state index in [0.717, 1.165) is 4.90 Å². The number of amides is 3. The first-order chi connectivity index (χ1) is 9.60. The minimum absolute atomic E-state index is 0.101. The molecule has 6 heteroatoms. The third-order valence-electron chi connectivity index (χ3n) is 3.09. The van der Waals surface area contributed by atoms with Crippen LogP contribution in [0.5, 0.6) is 5.75 Å². The van der Waals surface area contributed by atoms with Gasteiger partial charge in [0.05, 0.1) is 7.11 Å². The van der Waals surface area contributed by atoms with Gasteiger partial charge in [0, 0.05) is 31.5 Å². The lowest BCUT2D eigenvalue weighted by Gasteiger charge is -2.13. The minimum Gasteiger partial charge on any atom is -0.497 e. The van der Waals surface area contributed by atoms with Crippen LogP contribution in [0, 0.1) is 0 Å². The van der Waals surface area contributed by atoms with Gasteiger partial charge in [-0.2, -0.15) is 0 Å². The number of benzene rings is 1. The van der Waals surface area contributed by atoms with Crippen LogP contribution in [0.3, 0.4) is 0 Å². The summed E-state index contributed by atoms with van der Waals surface area (Å²) in [5, 5.41) is 2.70. The summed E-state index contributed by atoms with van der Waals surface area (Å²) in [6, 6.07) is 6.93. The van der Waals surface area contributed by atoms with Crippen molar-refractivity contribution in [2.75, 3.05) is 19.0 Å². The zero-order valence-corrected chi connectivity index (χ0v) is 11.2. The fourth-order valence-electron chi connectivity index (χ4n) is 1.98. The molecule has 2 rings (SSSR count). The molecule has 0 aliphatic carbocycles. The number of methoxy groups -OCH3 is 1. The highest BCUT2D eigenvalue weighted by atomic mass is 16.5. The van der Waals surface area contributed by atoms with Gasteiger partial charge in [-0.25, -0.2) is 0 Å². The fourth-order valence-corrected chi connectivity index (χ4v) is 1.98. The second-order valence-corrected chi connectivity index (χ2v) is 4.47. The molecule has 1 fully saturated rings. The Labute approximate surface area is 116 Å².